The lowest BCUT2D eigenvalue weighted by Crippen LogP contribution is -2.12. The third-order valence-corrected chi connectivity index (χ3v) is 6.53. The molecule has 2 aliphatic rings. The van der Waals surface area contributed by atoms with Crippen molar-refractivity contribution < 1.29 is 0 Å². The average molecular weight is 355 g/mol. The van der Waals surface area contributed by atoms with E-state index in [0.717, 1.165) is 16.9 Å². The molecule has 25 heavy (non-hydrogen) atoms. The second kappa shape index (κ2) is 9.49. The van der Waals surface area contributed by atoms with E-state index in [1.165, 1.54) is 63.4 Å². The third-order valence-electron chi connectivity index (χ3n) is 6.28. The number of rotatable bonds is 3. The molecule has 2 saturated carbocycles. The van der Waals surface area contributed by atoms with Crippen molar-refractivity contribution in [2.45, 2.75) is 70.6 Å². The summed E-state index contributed by atoms with van der Waals surface area (Å²) in [7, 11) is 0. The first-order chi connectivity index (χ1) is 12.2. The number of benzene rings is 1. The van der Waals surface area contributed by atoms with Gasteiger partial charge in [0.25, 0.3) is 0 Å². The van der Waals surface area contributed by atoms with Gasteiger partial charge in [-0.05, 0) is 92.9 Å². The Kier molecular flexibility index (Phi) is 7.06. The summed E-state index contributed by atoms with van der Waals surface area (Å²) >= 11 is 5.99. The number of hydrogen-bond donors (Lipinski definition) is 0. The van der Waals surface area contributed by atoms with Crippen LogP contribution in [0, 0.1) is 29.6 Å². The molecule has 0 atom stereocenters. The van der Waals surface area contributed by atoms with Gasteiger partial charge in [-0.25, -0.2) is 0 Å². The highest BCUT2D eigenvalue weighted by molar-refractivity contribution is 6.30. The summed E-state index contributed by atoms with van der Waals surface area (Å²) in [6.07, 6.45) is 16.4. The molecule has 0 aromatic heterocycles. The van der Waals surface area contributed by atoms with Crippen LogP contribution in [0.3, 0.4) is 0 Å². The standard InChI is InChI=1S/C24H31Cl/c1-2-19-7-9-20(10-8-19)5-3-4-6-21-11-13-22(14-12-21)23-15-17-24(25)18-16-23/h3,5,15-22H,2,7-14H2,1H3/b5-3+. The van der Waals surface area contributed by atoms with E-state index in [-0.39, 0.29) is 0 Å². The Labute approximate surface area is 159 Å². The summed E-state index contributed by atoms with van der Waals surface area (Å²) < 4.78 is 0. The summed E-state index contributed by atoms with van der Waals surface area (Å²) in [5.74, 6) is 9.88. The molecule has 1 aromatic rings. The van der Waals surface area contributed by atoms with Gasteiger partial charge in [-0.1, -0.05) is 55.0 Å². The van der Waals surface area contributed by atoms with E-state index in [9.17, 15) is 0 Å². The van der Waals surface area contributed by atoms with Gasteiger partial charge in [0.15, 0.2) is 0 Å². The minimum absolute atomic E-state index is 0.587. The summed E-state index contributed by atoms with van der Waals surface area (Å²) in [5.41, 5.74) is 1.44. The Morgan fingerprint density at radius 2 is 1.64 bits per heavy atom. The Bertz CT molecular complexity index is 600. The normalized spacial score (nSPS) is 30.0. The highest BCUT2D eigenvalue weighted by Crippen LogP contribution is 2.36. The lowest BCUT2D eigenvalue weighted by atomic mass is 9.79. The summed E-state index contributed by atoms with van der Waals surface area (Å²) in [6.45, 7) is 2.33. The van der Waals surface area contributed by atoms with Gasteiger partial charge in [0.1, 0.15) is 0 Å². The molecule has 0 N–H and O–H groups in total. The Morgan fingerprint density at radius 3 is 2.28 bits per heavy atom. The molecular formula is C24H31Cl. The van der Waals surface area contributed by atoms with Crippen molar-refractivity contribution in [3.63, 3.8) is 0 Å². The maximum atomic E-state index is 5.99. The minimum Gasteiger partial charge on any atom is -0.0951 e. The molecule has 2 fully saturated rings. The van der Waals surface area contributed by atoms with Crippen LogP contribution >= 0.6 is 11.6 Å². The molecular weight excluding hydrogens is 324 g/mol. The quantitative estimate of drug-likeness (QED) is 0.496. The predicted octanol–water partition coefficient (Wildman–Crippen LogP) is 7.39. The Balaban J connectivity index is 1.41. The lowest BCUT2D eigenvalue weighted by Gasteiger charge is -2.26. The van der Waals surface area contributed by atoms with E-state index >= 15 is 0 Å². The van der Waals surface area contributed by atoms with E-state index in [1.54, 1.807) is 0 Å². The number of allylic oxidation sites excluding steroid dienone is 2. The highest BCUT2D eigenvalue weighted by Gasteiger charge is 2.21. The largest absolute Gasteiger partial charge is 0.0951 e. The SMILES string of the molecule is CCC1CCC(/C=C/C#CC2CCC(c3ccc(Cl)cc3)CC2)CC1. The molecule has 1 heteroatoms. The lowest BCUT2D eigenvalue weighted by molar-refractivity contribution is 0.304. The topological polar surface area (TPSA) is 0 Å². The maximum absolute atomic E-state index is 5.99. The van der Waals surface area contributed by atoms with Crippen molar-refractivity contribution in [3.8, 4) is 11.8 Å². The van der Waals surface area contributed by atoms with Gasteiger partial charge in [0, 0.05) is 10.9 Å². The van der Waals surface area contributed by atoms with Gasteiger partial charge in [0.05, 0.1) is 0 Å². The predicted molar refractivity (Wildman–Crippen MR) is 109 cm³/mol. The van der Waals surface area contributed by atoms with Crippen molar-refractivity contribution in [1.29, 1.82) is 0 Å². The van der Waals surface area contributed by atoms with E-state index in [2.05, 4.69) is 43.0 Å². The van der Waals surface area contributed by atoms with Crippen LogP contribution in [0.1, 0.15) is 76.2 Å². The third kappa shape index (κ3) is 5.65. The van der Waals surface area contributed by atoms with Crippen LogP contribution < -0.4 is 0 Å². The molecule has 0 saturated heterocycles. The summed E-state index contributed by atoms with van der Waals surface area (Å²) in [5, 5.41) is 0.832. The Hall–Kier alpha value is -1.19. The first-order valence-corrected chi connectivity index (χ1v) is 10.6. The van der Waals surface area contributed by atoms with Crippen molar-refractivity contribution in [2.75, 3.05) is 0 Å². The molecule has 134 valence electrons. The van der Waals surface area contributed by atoms with Crippen LogP contribution in [0.5, 0.6) is 0 Å². The number of hydrogen-bond acceptors (Lipinski definition) is 0. The second-order valence-electron chi connectivity index (χ2n) is 7.94. The molecule has 0 radical (unpaired) electrons. The zero-order valence-electron chi connectivity index (χ0n) is 15.5. The molecule has 0 nitrogen and oxygen atoms in total. The molecule has 1 aromatic carbocycles. The molecule has 0 spiro atoms. The molecule has 2 aliphatic carbocycles. The van der Waals surface area contributed by atoms with Gasteiger partial charge in [-0.2, -0.15) is 0 Å². The first kappa shape index (κ1) is 18.6. The molecule has 0 heterocycles. The van der Waals surface area contributed by atoms with Crippen molar-refractivity contribution in [3.05, 3.63) is 47.0 Å². The van der Waals surface area contributed by atoms with Crippen molar-refractivity contribution in [2.24, 2.45) is 17.8 Å². The van der Waals surface area contributed by atoms with E-state index < -0.39 is 0 Å². The van der Waals surface area contributed by atoms with Crippen molar-refractivity contribution >= 4 is 11.6 Å². The fourth-order valence-corrected chi connectivity index (χ4v) is 4.57. The van der Waals surface area contributed by atoms with Gasteiger partial charge in [0.2, 0.25) is 0 Å². The van der Waals surface area contributed by atoms with Crippen molar-refractivity contribution in [1.82, 2.24) is 0 Å². The van der Waals surface area contributed by atoms with Gasteiger partial charge in [-0.15, -0.1) is 0 Å². The monoisotopic (exact) mass is 354 g/mol. The molecule has 0 unspecified atom stereocenters. The molecule has 0 aliphatic heterocycles. The maximum Gasteiger partial charge on any atom is 0.0406 e. The number of halogens is 1. The first-order valence-electron chi connectivity index (χ1n) is 10.2. The Morgan fingerprint density at radius 1 is 0.960 bits per heavy atom. The molecule has 3 rings (SSSR count). The zero-order chi connectivity index (χ0) is 17.5. The van der Waals surface area contributed by atoms with Crippen LogP contribution in [0.2, 0.25) is 5.02 Å². The summed E-state index contributed by atoms with van der Waals surface area (Å²) in [6, 6.07) is 8.41. The summed E-state index contributed by atoms with van der Waals surface area (Å²) in [4.78, 5) is 0. The fraction of sp³-hybridized carbons (Fsp3) is 0.583. The minimum atomic E-state index is 0.587. The van der Waals surface area contributed by atoms with E-state index in [0.29, 0.717) is 11.8 Å². The van der Waals surface area contributed by atoms with Gasteiger partial charge >= 0.3 is 0 Å². The fourth-order valence-electron chi connectivity index (χ4n) is 4.45. The van der Waals surface area contributed by atoms with Gasteiger partial charge in [-0.3, -0.25) is 0 Å². The zero-order valence-corrected chi connectivity index (χ0v) is 16.3. The van der Waals surface area contributed by atoms with Crippen LogP contribution in [0.4, 0.5) is 0 Å². The second-order valence-corrected chi connectivity index (χ2v) is 8.37. The van der Waals surface area contributed by atoms with Gasteiger partial charge < -0.3 is 0 Å². The average Bonchev–Trinajstić information content (AvgIpc) is 2.67. The van der Waals surface area contributed by atoms with Crippen LogP contribution in [0.25, 0.3) is 0 Å². The van der Waals surface area contributed by atoms with Crippen LogP contribution in [0.15, 0.2) is 36.4 Å². The van der Waals surface area contributed by atoms with E-state index in [1.807, 2.05) is 12.1 Å². The molecule has 0 bridgehead atoms. The molecule has 0 amide bonds. The van der Waals surface area contributed by atoms with Crippen LogP contribution in [-0.4, -0.2) is 0 Å². The van der Waals surface area contributed by atoms with E-state index in [4.69, 9.17) is 11.6 Å². The smallest absolute Gasteiger partial charge is 0.0406 e. The van der Waals surface area contributed by atoms with Crippen LogP contribution in [-0.2, 0) is 0 Å². The highest BCUT2D eigenvalue weighted by atomic mass is 35.5.